The van der Waals surface area contributed by atoms with Gasteiger partial charge in [-0.05, 0) is 36.8 Å². The zero-order valence-electron chi connectivity index (χ0n) is 10.0. The first-order valence-corrected chi connectivity index (χ1v) is 6.25. The summed E-state index contributed by atoms with van der Waals surface area (Å²) in [5, 5.41) is 0. The van der Waals surface area contributed by atoms with Gasteiger partial charge in [0.15, 0.2) is 5.78 Å². The Balaban J connectivity index is 2.59. The topological polar surface area (TPSA) is 43.1 Å². The van der Waals surface area contributed by atoms with Crippen LogP contribution >= 0.6 is 15.9 Å². The van der Waals surface area contributed by atoms with Crippen LogP contribution in [0.4, 0.5) is 14.5 Å². The lowest BCUT2D eigenvalue weighted by Crippen LogP contribution is -2.09. The number of carbonyl (C=O) groups excluding carboxylic acids is 1. The predicted octanol–water partition coefficient (Wildman–Crippen LogP) is 3.85. The lowest BCUT2D eigenvalue weighted by atomic mass is 10.00. The fourth-order valence-corrected chi connectivity index (χ4v) is 2.26. The third kappa shape index (κ3) is 2.66. The Morgan fingerprint density at radius 2 is 1.89 bits per heavy atom. The number of aryl methyl sites for hydroxylation is 1. The molecule has 2 aromatic rings. The summed E-state index contributed by atoms with van der Waals surface area (Å²) in [5.41, 5.74) is 5.74. The third-order valence-corrected chi connectivity index (χ3v) is 3.15. The number of ketones is 1. The van der Waals surface area contributed by atoms with Crippen LogP contribution in [0.5, 0.6) is 0 Å². The maximum atomic E-state index is 13.9. The van der Waals surface area contributed by atoms with Crippen molar-refractivity contribution in [1.29, 1.82) is 0 Å². The lowest BCUT2D eigenvalue weighted by Gasteiger charge is -2.07. The van der Waals surface area contributed by atoms with Crippen LogP contribution in [0.25, 0.3) is 0 Å². The number of hydrogen-bond acceptors (Lipinski definition) is 2. The summed E-state index contributed by atoms with van der Waals surface area (Å²) in [4.78, 5) is 12.2. The summed E-state index contributed by atoms with van der Waals surface area (Å²) in [7, 11) is 0. The Morgan fingerprint density at radius 3 is 2.53 bits per heavy atom. The van der Waals surface area contributed by atoms with Crippen molar-refractivity contribution in [3.05, 3.63) is 63.1 Å². The fourth-order valence-electron chi connectivity index (χ4n) is 1.75. The molecule has 0 saturated carbocycles. The second kappa shape index (κ2) is 5.09. The second-order valence-corrected chi connectivity index (χ2v) is 5.07. The molecule has 0 aliphatic heterocycles. The smallest absolute Gasteiger partial charge is 0.199 e. The number of halogens is 3. The molecule has 2 aromatic carbocycles. The molecule has 98 valence electrons. The molecule has 0 amide bonds. The van der Waals surface area contributed by atoms with Gasteiger partial charge in [0.1, 0.15) is 11.6 Å². The van der Waals surface area contributed by atoms with Crippen molar-refractivity contribution in [2.24, 2.45) is 0 Å². The van der Waals surface area contributed by atoms with E-state index in [1.807, 2.05) is 0 Å². The number of nitrogens with two attached hydrogens (primary N) is 1. The number of anilines is 1. The van der Waals surface area contributed by atoms with E-state index in [1.165, 1.54) is 25.1 Å². The molecule has 0 unspecified atom stereocenters. The fraction of sp³-hybridized carbons (Fsp3) is 0.0714. The van der Waals surface area contributed by atoms with Crippen LogP contribution in [-0.2, 0) is 0 Å². The van der Waals surface area contributed by atoms with E-state index >= 15 is 0 Å². The number of nitrogen functional groups attached to an aromatic ring is 1. The van der Waals surface area contributed by atoms with Crippen LogP contribution < -0.4 is 5.73 Å². The molecule has 0 atom stereocenters. The van der Waals surface area contributed by atoms with E-state index in [0.717, 1.165) is 6.07 Å². The molecule has 0 fully saturated rings. The molecule has 0 bridgehead atoms. The lowest BCUT2D eigenvalue weighted by molar-refractivity contribution is 0.103. The molecular formula is C14H10BrF2NO. The molecule has 5 heteroatoms. The molecule has 2 N–H and O–H groups in total. The summed E-state index contributed by atoms with van der Waals surface area (Å²) < 4.78 is 28.1. The average Bonchev–Trinajstić information content (AvgIpc) is 2.33. The van der Waals surface area contributed by atoms with Crippen molar-refractivity contribution in [3.8, 4) is 0 Å². The molecule has 0 spiro atoms. The van der Waals surface area contributed by atoms with Gasteiger partial charge in [-0.3, -0.25) is 4.79 Å². The van der Waals surface area contributed by atoms with Gasteiger partial charge in [-0.1, -0.05) is 22.0 Å². The van der Waals surface area contributed by atoms with Gasteiger partial charge in [-0.25, -0.2) is 8.78 Å². The summed E-state index contributed by atoms with van der Waals surface area (Å²) in [5.74, 6) is -2.46. The van der Waals surface area contributed by atoms with E-state index in [2.05, 4.69) is 15.9 Å². The normalized spacial score (nSPS) is 10.5. The molecule has 0 aliphatic carbocycles. The van der Waals surface area contributed by atoms with Gasteiger partial charge in [0.2, 0.25) is 0 Å². The van der Waals surface area contributed by atoms with Crippen molar-refractivity contribution >= 4 is 27.4 Å². The van der Waals surface area contributed by atoms with Crippen LogP contribution in [-0.4, -0.2) is 5.78 Å². The van der Waals surface area contributed by atoms with E-state index in [4.69, 9.17) is 5.73 Å². The maximum Gasteiger partial charge on any atom is 0.199 e. The first kappa shape index (κ1) is 13.7. The largest absolute Gasteiger partial charge is 0.399 e. The highest BCUT2D eigenvalue weighted by Crippen LogP contribution is 2.23. The Kier molecular flexibility index (Phi) is 3.66. The van der Waals surface area contributed by atoms with Crippen LogP contribution in [0.2, 0.25) is 0 Å². The summed E-state index contributed by atoms with van der Waals surface area (Å²) in [6.07, 6.45) is 0. The van der Waals surface area contributed by atoms with Gasteiger partial charge in [0.05, 0.1) is 5.56 Å². The Labute approximate surface area is 117 Å². The van der Waals surface area contributed by atoms with Gasteiger partial charge in [0.25, 0.3) is 0 Å². The molecule has 0 aromatic heterocycles. The summed E-state index contributed by atoms with van der Waals surface area (Å²) >= 11 is 3.19. The van der Waals surface area contributed by atoms with E-state index in [1.54, 1.807) is 6.07 Å². The van der Waals surface area contributed by atoms with Crippen LogP contribution in [0, 0.1) is 18.6 Å². The quantitative estimate of drug-likeness (QED) is 0.673. The predicted molar refractivity (Wildman–Crippen MR) is 73.1 cm³/mol. The summed E-state index contributed by atoms with van der Waals surface area (Å²) in [6, 6.07) is 6.82. The van der Waals surface area contributed by atoms with Gasteiger partial charge < -0.3 is 5.73 Å². The van der Waals surface area contributed by atoms with Gasteiger partial charge in [-0.2, -0.15) is 0 Å². The Morgan fingerprint density at radius 1 is 1.21 bits per heavy atom. The minimum Gasteiger partial charge on any atom is -0.399 e. The number of hydrogen-bond donors (Lipinski definition) is 1. The molecule has 0 aliphatic rings. The molecule has 0 saturated heterocycles. The first-order chi connectivity index (χ1) is 8.90. The molecule has 2 nitrogen and oxygen atoms in total. The average molecular weight is 326 g/mol. The minimum atomic E-state index is -0.883. The van der Waals surface area contributed by atoms with Crippen molar-refractivity contribution in [2.45, 2.75) is 6.92 Å². The second-order valence-electron chi connectivity index (χ2n) is 4.16. The first-order valence-electron chi connectivity index (χ1n) is 5.45. The van der Waals surface area contributed by atoms with E-state index in [0.29, 0.717) is 10.2 Å². The standard InChI is InChI=1S/C14H10BrF2NO/c1-7-2-3-11(16)12(13(7)17)14(19)8-4-9(15)6-10(18)5-8/h2-6H,18H2,1H3. The van der Waals surface area contributed by atoms with Crippen molar-refractivity contribution in [3.63, 3.8) is 0 Å². The van der Waals surface area contributed by atoms with Gasteiger partial charge in [0, 0.05) is 15.7 Å². The maximum absolute atomic E-state index is 13.9. The summed E-state index contributed by atoms with van der Waals surface area (Å²) in [6.45, 7) is 1.47. The third-order valence-electron chi connectivity index (χ3n) is 2.69. The Hall–Kier alpha value is -1.75. The highest BCUT2D eigenvalue weighted by molar-refractivity contribution is 9.10. The highest BCUT2D eigenvalue weighted by Gasteiger charge is 2.21. The Bertz CT molecular complexity index is 650. The van der Waals surface area contributed by atoms with Gasteiger partial charge >= 0.3 is 0 Å². The molecule has 0 heterocycles. The van der Waals surface area contributed by atoms with Crippen molar-refractivity contribution < 1.29 is 13.6 Å². The molecule has 0 radical (unpaired) electrons. The van der Waals surface area contributed by atoms with E-state index in [9.17, 15) is 13.6 Å². The van der Waals surface area contributed by atoms with E-state index < -0.39 is 23.0 Å². The highest BCUT2D eigenvalue weighted by atomic mass is 79.9. The van der Waals surface area contributed by atoms with Crippen LogP contribution in [0.1, 0.15) is 21.5 Å². The SMILES string of the molecule is Cc1ccc(F)c(C(=O)c2cc(N)cc(Br)c2)c1F. The van der Waals surface area contributed by atoms with Crippen molar-refractivity contribution in [2.75, 3.05) is 5.73 Å². The minimum absolute atomic E-state index is 0.135. The number of rotatable bonds is 2. The molecular weight excluding hydrogens is 316 g/mol. The molecule has 19 heavy (non-hydrogen) atoms. The van der Waals surface area contributed by atoms with Gasteiger partial charge in [-0.15, -0.1) is 0 Å². The monoisotopic (exact) mass is 325 g/mol. The van der Waals surface area contributed by atoms with Crippen LogP contribution in [0.3, 0.4) is 0 Å². The molecule has 2 rings (SSSR count). The number of carbonyl (C=O) groups is 1. The zero-order valence-corrected chi connectivity index (χ0v) is 11.6. The van der Waals surface area contributed by atoms with Crippen LogP contribution in [0.15, 0.2) is 34.8 Å². The number of benzene rings is 2. The van der Waals surface area contributed by atoms with Crippen molar-refractivity contribution in [1.82, 2.24) is 0 Å². The zero-order chi connectivity index (χ0) is 14.2. The van der Waals surface area contributed by atoms with E-state index in [-0.39, 0.29) is 11.1 Å².